The topological polar surface area (TPSA) is 39.4 Å². The average molecular weight is 238 g/mol. The summed E-state index contributed by atoms with van der Waals surface area (Å²) < 4.78 is 36.1. The number of hydrogen-bond acceptors (Lipinski definition) is 3. The van der Waals surface area contributed by atoms with Crippen molar-refractivity contribution in [3.8, 4) is 5.75 Å². The molecule has 0 aliphatic carbocycles. The average Bonchev–Trinajstić information content (AvgIpc) is 2.79. The molecule has 0 saturated heterocycles. The maximum atomic E-state index is 13.2. The summed E-state index contributed by atoms with van der Waals surface area (Å²) in [7, 11) is 0. The van der Waals surface area contributed by atoms with Gasteiger partial charge in [0.05, 0.1) is 0 Å². The van der Waals surface area contributed by atoms with Crippen LogP contribution in [0.4, 0.5) is 8.78 Å². The summed E-state index contributed by atoms with van der Waals surface area (Å²) in [6.45, 7) is -0.0752. The van der Waals surface area contributed by atoms with E-state index in [4.69, 9.17) is 9.15 Å². The van der Waals surface area contributed by atoms with E-state index in [-0.39, 0.29) is 18.1 Å². The van der Waals surface area contributed by atoms with Crippen molar-refractivity contribution in [3.63, 3.8) is 0 Å². The third kappa shape index (κ3) is 2.50. The van der Waals surface area contributed by atoms with Gasteiger partial charge < -0.3 is 9.15 Å². The standard InChI is InChI=1S/C12H8F2O3/c13-10-2-1-3-11(12(10)14)16-7-9-5-4-8(6-15)17-9/h1-6H,7H2. The minimum atomic E-state index is -1.05. The largest absolute Gasteiger partial charge is 0.482 e. The quantitative estimate of drug-likeness (QED) is 0.769. The van der Waals surface area contributed by atoms with Crippen LogP contribution < -0.4 is 4.74 Å². The van der Waals surface area contributed by atoms with Gasteiger partial charge in [0.25, 0.3) is 0 Å². The second kappa shape index (κ2) is 4.78. The van der Waals surface area contributed by atoms with E-state index in [1.165, 1.54) is 24.3 Å². The van der Waals surface area contributed by atoms with Crippen LogP contribution >= 0.6 is 0 Å². The fourth-order valence-electron chi connectivity index (χ4n) is 1.28. The minimum Gasteiger partial charge on any atom is -0.482 e. The van der Waals surface area contributed by atoms with Crippen LogP contribution in [0.2, 0.25) is 0 Å². The molecule has 0 unspecified atom stereocenters. The van der Waals surface area contributed by atoms with E-state index in [9.17, 15) is 13.6 Å². The van der Waals surface area contributed by atoms with Crippen molar-refractivity contribution in [2.75, 3.05) is 0 Å². The molecule has 0 aliphatic rings. The first-order valence-corrected chi connectivity index (χ1v) is 4.81. The molecule has 1 aromatic heterocycles. The summed E-state index contributed by atoms with van der Waals surface area (Å²) in [5.74, 6) is -1.71. The first-order chi connectivity index (χ1) is 8.20. The van der Waals surface area contributed by atoms with Crippen molar-refractivity contribution in [2.24, 2.45) is 0 Å². The summed E-state index contributed by atoms with van der Waals surface area (Å²) in [6.07, 6.45) is 0.548. The number of benzene rings is 1. The normalized spacial score (nSPS) is 10.2. The summed E-state index contributed by atoms with van der Waals surface area (Å²) in [6, 6.07) is 6.64. The fourth-order valence-corrected chi connectivity index (χ4v) is 1.28. The number of aldehydes is 1. The maximum absolute atomic E-state index is 13.2. The first kappa shape index (κ1) is 11.3. The van der Waals surface area contributed by atoms with Crippen molar-refractivity contribution in [3.05, 3.63) is 53.5 Å². The van der Waals surface area contributed by atoms with E-state index < -0.39 is 11.6 Å². The van der Waals surface area contributed by atoms with Gasteiger partial charge >= 0.3 is 0 Å². The fraction of sp³-hybridized carbons (Fsp3) is 0.0833. The predicted molar refractivity (Wildman–Crippen MR) is 54.8 cm³/mol. The monoisotopic (exact) mass is 238 g/mol. The number of ether oxygens (including phenoxy) is 1. The second-order valence-corrected chi connectivity index (χ2v) is 3.26. The zero-order valence-corrected chi connectivity index (χ0v) is 8.65. The summed E-state index contributed by atoms with van der Waals surface area (Å²) >= 11 is 0. The number of halogens is 2. The van der Waals surface area contributed by atoms with Crippen molar-refractivity contribution in [1.29, 1.82) is 0 Å². The van der Waals surface area contributed by atoms with E-state index in [1.807, 2.05) is 0 Å². The van der Waals surface area contributed by atoms with Crippen LogP contribution in [-0.4, -0.2) is 6.29 Å². The van der Waals surface area contributed by atoms with Crippen LogP contribution in [0.1, 0.15) is 16.3 Å². The Labute approximate surface area is 95.6 Å². The Bertz CT molecular complexity index is 534. The maximum Gasteiger partial charge on any atom is 0.200 e. The molecule has 0 spiro atoms. The van der Waals surface area contributed by atoms with E-state index in [0.717, 1.165) is 6.07 Å². The van der Waals surface area contributed by atoms with E-state index in [1.54, 1.807) is 0 Å². The van der Waals surface area contributed by atoms with Gasteiger partial charge in [-0.2, -0.15) is 4.39 Å². The molecule has 0 N–H and O–H groups in total. The molecule has 0 amide bonds. The number of furan rings is 1. The molecule has 0 radical (unpaired) electrons. The Hall–Kier alpha value is -2.17. The number of carbonyl (C=O) groups is 1. The number of carbonyl (C=O) groups excluding carboxylic acids is 1. The zero-order chi connectivity index (χ0) is 12.3. The van der Waals surface area contributed by atoms with Gasteiger partial charge in [-0.1, -0.05) is 6.07 Å². The Morgan fingerprint density at radius 2 is 2.06 bits per heavy atom. The van der Waals surface area contributed by atoms with Crippen LogP contribution in [0, 0.1) is 11.6 Å². The summed E-state index contributed by atoms with van der Waals surface area (Å²) in [4.78, 5) is 10.3. The smallest absolute Gasteiger partial charge is 0.200 e. The third-order valence-electron chi connectivity index (χ3n) is 2.08. The van der Waals surface area contributed by atoms with Crippen molar-refractivity contribution in [1.82, 2.24) is 0 Å². The molecule has 1 heterocycles. The second-order valence-electron chi connectivity index (χ2n) is 3.26. The van der Waals surface area contributed by atoms with Crippen LogP contribution in [0.15, 0.2) is 34.7 Å². The Morgan fingerprint density at radius 3 is 2.76 bits per heavy atom. The Morgan fingerprint density at radius 1 is 1.24 bits per heavy atom. The lowest BCUT2D eigenvalue weighted by Gasteiger charge is -2.05. The molecule has 2 rings (SSSR count). The number of hydrogen-bond donors (Lipinski definition) is 0. The van der Waals surface area contributed by atoms with Crippen molar-refractivity contribution < 1.29 is 22.7 Å². The SMILES string of the molecule is O=Cc1ccc(COc2cccc(F)c2F)o1. The van der Waals surface area contributed by atoms with Gasteiger partial charge in [-0.05, 0) is 24.3 Å². The molecular weight excluding hydrogens is 230 g/mol. The van der Waals surface area contributed by atoms with E-state index >= 15 is 0 Å². The zero-order valence-electron chi connectivity index (χ0n) is 8.65. The highest BCUT2D eigenvalue weighted by Crippen LogP contribution is 2.20. The summed E-state index contributed by atoms with van der Waals surface area (Å²) in [5, 5.41) is 0. The van der Waals surface area contributed by atoms with Crippen LogP contribution in [0.25, 0.3) is 0 Å². The predicted octanol–water partition coefficient (Wildman–Crippen LogP) is 2.95. The van der Waals surface area contributed by atoms with Crippen LogP contribution in [-0.2, 0) is 6.61 Å². The molecule has 0 fully saturated rings. The van der Waals surface area contributed by atoms with Gasteiger partial charge in [-0.3, -0.25) is 4.79 Å². The molecule has 88 valence electrons. The Balaban J connectivity index is 2.07. The highest BCUT2D eigenvalue weighted by molar-refractivity contribution is 5.70. The lowest BCUT2D eigenvalue weighted by Crippen LogP contribution is -1.97. The van der Waals surface area contributed by atoms with Gasteiger partial charge in [-0.15, -0.1) is 0 Å². The van der Waals surface area contributed by atoms with E-state index in [2.05, 4.69) is 0 Å². The molecular formula is C12H8F2O3. The molecule has 0 saturated carbocycles. The molecule has 17 heavy (non-hydrogen) atoms. The molecule has 3 nitrogen and oxygen atoms in total. The van der Waals surface area contributed by atoms with Gasteiger partial charge in [-0.25, -0.2) is 4.39 Å². The lowest BCUT2D eigenvalue weighted by atomic mass is 10.3. The van der Waals surface area contributed by atoms with Crippen molar-refractivity contribution in [2.45, 2.75) is 6.61 Å². The first-order valence-electron chi connectivity index (χ1n) is 4.81. The highest BCUT2D eigenvalue weighted by Gasteiger charge is 2.09. The van der Waals surface area contributed by atoms with E-state index in [0.29, 0.717) is 12.0 Å². The Kier molecular flexibility index (Phi) is 3.18. The van der Waals surface area contributed by atoms with Crippen LogP contribution in [0.5, 0.6) is 5.75 Å². The third-order valence-corrected chi connectivity index (χ3v) is 2.08. The van der Waals surface area contributed by atoms with Crippen molar-refractivity contribution >= 4 is 6.29 Å². The lowest BCUT2D eigenvalue weighted by molar-refractivity contribution is 0.109. The molecule has 5 heteroatoms. The molecule has 1 aromatic carbocycles. The van der Waals surface area contributed by atoms with Gasteiger partial charge in [0, 0.05) is 0 Å². The highest BCUT2D eigenvalue weighted by atomic mass is 19.2. The summed E-state index contributed by atoms with van der Waals surface area (Å²) in [5.41, 5.74) is 0. The van der Waals surface area contributed by atoms with Gasteiger partial charge in [0.2, 0.25) is 5.82 Å². The molecule has 2 aromatic rings. The molecule has 0 atom stereocenters. The minimum absolute atomic E-state index is 0.0752. The number of rotatable bonds is 4. The van der Waals surface area contributed by atoms with Gasteiger partial charge in [0.1, 0.15) is 12.4 Å². The molecule has 0 aliphatic heterocycles. The molecule has 0 bridgehead atoms. The van der Waals surface area contributed by atoms with Gasteiger partial charge in [0.15, 0.2) is 23.6 Å². The van der Waals surface area contributed by atoms with Crippen LogP contribution in [0.3, 0.4) is 0 Å².